The highest BCUT2D eigenvalue weighted by molar-refractivity contribution is 6.30. The van der Waals surface area contributed by atoms with Crippen molar-refractivity contribution in [1.82, 2.24) is 0 Å². The Bertz CT molecular complexity index is 807. The third-order valence-electron chi connectivity index (χ3n) is 3.82. The van der Waals surface area contributed by atoms with Crippen LogP contribution in [0.5, 0.6) is 0 Å². The van der Waals surface area contributed by atoms with Crippen LogP contribution in [-0.2, 0) is 15.3 Å². The number of hydrogen-bond acceptors (Lipinski definition) is 3. The van der Waals surface area contributed by atoms with E-state index in [9.17, 15) is 4.79 Å². The first-order valence-corrected chi connectivity index (χ1v) is 8.74. The smallest absolute Gasteiger partial charge is 0.316 e. The van der Waals surface area contributed by atoms with Gasteiger partial charge >= 0.3 is 6.03 Å². The molecule has 0 bridgehead atoms. The topological polar surface area (TPSA) is 73.6 Å². The Morgan fingerprint density at radius 2 is 1.74 bits per heavy atom. The number of rotatable bonds is 9. The second-order valence-electron chi connectivity index (χ2n) is 5.86. The Hall–Kier alpha value is -2.60. The molecule has 0 aliphatic rings. The van der Waals surface area contributed by atoms with Crippen LogP contribution in [0, 0.1) is 6.92 Å². The molecule has 2 aromatic carbocycles. The molecule has 0 heterocycles. The van der Waals surface area contributed by atoms with E-state index in [-0.39, 0.29) is 13.2 Å². The average molecular weight is 387 g/mol. The predicted molar refractivity (Wildman–Crippen MR) is 109 cm³/mol. The summed E-state index contributed by atoms with van der Waals surface area (Å²) in [4.78, 5) is 11.5. The summed E-state index contributed by atoms with van der Waals surface area (Å²) >= 11 is 6.05. The predicted octanol–water partition coefficient (Wildman–Crippen LogP) is 4.75. The number of urea groups is 1. The van der Waals surface area contributed by atoms with Gasteiger partial charge in [-0.1, -0.05) is 47.5 Å². The van der Waals surface area contributed by atoms with Gasteiger partial charge in [-0.2, -0.15) is 0 Å². The molecule has 0 radical (unpaired) electrons. The number of carbonyl (C=O) groups excluding carboxylic acids is 1. The Kier molecular flexibility index (Phi) is 7.19. The molecular weight excluding hydrogens is 364 g/mol. The SMILES string of the molecule is C=CCOC(OCC=C)(c1ccc(Cl)cc1)c1cc(C)ccc1NC(N)=O. The Labute approximate surface area is 164 Å². The van der Waals surface area contributed by atoms with Gasteiger partial charge in [0.05, 0.1) is 18.9 Å². The molecule has 0 aromatic heterocycles. The number of aryl methyl sites for hydroxylation is 1. The van der Waals surface area contributed by atoms with Crippen molar-refractivity contribution in [3.8, 4) is 0 Å². The maximum atomic E-state index is 11.5. The van der Waals surface area contributed by atoms with Gasteiger partial charge in [-0.25, -0.2) is 4.79 Å². The largest absolute Gasteiger partial charge is 0.351 e. The van der Waals surface area contributed by atoms with Gasteiger partial charge in [-0.05, 0) is 31.2 Å². The van der Waals surface area contributed by atoms with Crippen LogP contribution >= 0.6 is 11.6 Å². The number of primary amides is 1. The number of nitrogens with two attached hydrogens (primary N) is 1. The molecule has 5 nitrogen and oxygen atoms in total. The van der Waals surface area contributed by atoms with Gasteiger partial charge in [0.15, 0.2) is 0 Å². The highest BCUT2D eigenvalue weighted by Gasteiger charge is 2.39. The average Bonchev–Trinajstić information content (AvgIpc) is 2.64. The number of anilines is 1. The van der Waals surface area contributed by atoms with Crippen molar-refractivity contribution in [2.24, 2.45) is 5.73 Å². The Morgan fingerprint density at radius 1 is 1.15 bits per heavy atom. The summed E-state index contributed by atoms with van der Waals surface area (Å²) in [5.74, 6) is -1.32. The lowest BCUT2D eigenvalue weighted by Gasteiger charge is -2.35. The lowest BCUT2D eigenvalue weighted by Crippen LogP contribution is -2.36. The molecular formula is C21H23ClN2O3. The fourth-order valence-electron chi connectivity index (χ4n) is 2.71. The van der Waals surface area contributed by atoms with E-state index in [0.29, 0.717) is 21.8 Å². The number of benzene rings is 2. The maximum absolute atomic E-state index is 11.5. The van der Waals surface area contributed by atoms with Crippen molar-refractivity contribution < 1.29 is 14.3 Å². The van der Waals surface area contributed by atoms with Gasteiger partial charge in [0, 0.05) is 16.1 Å². The van der Waals surface area contributed by atoms with E-state index in [4.69, 9.17) is 26.8 Å². The molecule has 2 rings (SSSR count). The van der Waals surface area contributed by atoms with Gasteiger partial charge < -0.3 is 20.5 Å². The summed E-state index contributed by atoms with van der Waals surface area (Å²) in [6.45, 7) is 9.80. The lowest BCUT2D eigenvalue weighted by molar-refractivity contribution is -0.204. The second kappa shape index (κ2) is 9.37. The molecule has 27 heavy (non-hydrogen) atoms. The van der Waals surface area contributed by atoms with Crippen LogP contribution in [0.2, 0.25) is 5.02 Å². The molecule has 3 N–H and O–H groups in total. The van der Waals surface area contributed by atoms with Crippen LogP contribution in [0.15, 0.2) is 67.8 Å². The zero-order chi connectivity index (χ0) is 19.9. The molecule has 0 aliphatic carbocycles. The first-order valence-electron chi connectivity index (χ1n) is 8.36. The first-order chi connectivity index (χ1) is 12.9. The maximum Gasteiger partial charge on any atom is 0.316 e. The van der Waals surface area contributed by atoms with Crippen molar-refractivity contribution in [3.05, 3.63) is 89.5 Å². The van der Waals surface area contributed by atoms with E-state index in [2.05, 4.69) is 18.5 Å². The van der Waals surface area contributed by atoms with Gasteiger partial charge in [-0.15, -0.1) is 13.2 Å². The standard InChI is InChI=1S/C21H23ClN2O3/c1-4-12-26-21(27-13-5-2,16-7-9-17(22)10-8-16)18-14-15(3)6-11-19(18)24-20(23)25/h4-11,14H,1-2,12-13H2,3H3,(H3,23,24,25). The van der Waals surface area contributed by atoms with Crippen LogP contribution in [0.4, 0.5) is 10.5 Å². The highest BCUT2D eigenvalue weighted by atomic mass is 35.5. The monoisotopic (exact) mass is 386 g/mol. The number of carbonyl (C=O) groups is 1. The summed E-state index contributed by atoms with van der Waals surface area (Å²) in [5.41, 5.74) is 8.10. The van der Waals surface area contributed by atoms with Crippen molar-refractivity contribution in [3.63, 3.8) is 0 Å². The molecule has 2 amide bonds. The number of amides is 2. The zero-order valence-electron chi connectivity index (χ0n) is 15.2. The molecule has 0 unspecified atom stereocenters. The normalized spacial score (nSPS) is 11.0. The number of halogens is 1. The molecule has 0 saturated carbocycles. The van der Waals surface area contributed by atoms with Crippen LogP contribution < -0.4 is 11.1 Å². The van der Waals surface area contributed by atoms with E-state index >= 15 is 0 Å². The van der Waals surface area contributed by atoms with Crippen LogP contribution in [-0.4, -0.2) is 19.2 Å². The molecule has 0 saturated heterocycles. The first kappa shape index (κ1) is 20.7. The van der Waals surface area contributed by atoms with E-state index in [0.717, 1.165) is 5.56 Å². The Morgan fingerprint density at radius 3 is 2.26 bits per heavy atom. The van der Waals surface area contributed by atoms with Gasteiger partial charge in [0.1, 0.15) is 0 Å². The minimum absolute atomic E-state index is 0.212. The number of hydrogen-bond donors (Lipinski definition) is 2. The third-order valence-corrected chi connectivity index (χ3v) is 4.07. The number of nitrogens with one attached hydrogen (secondary N) is 1. The highest BCUT2D eigenvalue weighted by Crippen LogP contribution is 2.40. The zero-order valence-corrected chi connectivity index (χ0v) is 16.0. The molecule has 0 atom stereocenters. The molecule has 0 fully saturated rings. The van der Waals surface area contributed by atoms with Crippen molar-refractivity contribution >= 4 is 23.3 Å². The van der Waals surface area contributed by atoms with Gasteiger partial charge in [-0.3, -0.25) is 0 Å². The third kappa shape index (κ3) is 4.98. The summed E-state index contributed by atoms with van der Waals surface area (Å²) in [6.07, 6.45) is 3.25. The van der Waals surface area contributed by atoms with Crippen LogP contribution in [0.25, 0.3) is 0 Å². The van der Waals surface area contributed by atoms with E-state index in [1.54, 1.807) is 30.4 Å². The Balaban J connectivity index is 2.74. The van der Waals surface area contributed by atoms with Crippen LogP contribution in [0.3, 0.4) is 0 Å². The summed E-state index contributed by atoms with van der Waals surface area (Å²) < 4.78 is 12.3. The molecule has 6 heteroatoms. The van der Waals surface area contributed by atoms with E-state index < -0.39 is 11.8 Å². The summed E-state index contributed by atoms with van der Waals surface area (Å²) in [7, 11) is 0. The molecule has 2 aromatic rings. The number of ether oxygens (including phenoxy) is 2. The lowest BCUT2D eigenvalue weighted by atomic mass is 9.93. The van der Waals surface area contributed by atoms with E-state index in [1.165, 1.54) is 0 Å². The molecule has 142 valence electrons. The van der Waals surface area contributed by atoms with Crippen molar-refractivity contribution in [1.29, 1.82) is 0 Å². The minimum atomic E-state index is -1.32. The quantitative estimate of drug-likeness (QED) is 0.482. The van der Waals surface area contributed by atoms with Crippen molar-refractivity contribution in [2.75, 3.05) is 18.5 Å². The summed E-state index contributed by atoms with van der Waals surface area (Å²) in [5, 5.41) is 3.22. The summed E-state index contributed by atoms with van der Waals surface area (Å²) in [6, 6.07) is 11.9. The van der Waals surface area contributed by atoms with E-state index in [1.807, 2.05) is 31.2 Å². The van der Waals surface area contributed by atoms with Crippen molar-refractivity contribution in [2.45, 2.75) is 12.7 Å². The minimum Gasteiger partial charge on any atom is -0.351 e. The second-order valence-corrected chi connectivity index (χ2v) is 6.30. The molecule has 0 aliphatic heterocycles. The van der Waals surface area contributed by atoms with Crippen LogP contribution in [0.1, 0.15) is 16.7 Å². The fourth-order valence-corrected chi connectivity index (χ4v) is 2.84. The molecule has 0 spiro atoms. The van der Waals surface area contributed by atoms with Gasteiger partial charge in [0.25, 0.3) is 0 Å². The fraction of sp³-hybridized carbons (Fsp3) is 0.190. The van der Waals surface area contributed by atoms with Gasteiger partial charge in [0.2, 0.25) is 5.79 Å².